The summed E-state index contributed by atoms with van der Waals surface area (Å²) in [5.74, 6) is -0.689. The van der Waals surface area contributed by atoms with E-state index in [0.29, 0.717) is 29.5 Å². The number of imide groups is 2. The maximum absolute atomic E-state index is 12.6. The standard InChI is InChI=1S/C23H20ClN3O4/c1-2-27-22(29)17(21(28)25-23(27)30)13-15-14-26(19-9-5-3-7-16(15)19)11-12-31-20-10-6-4-8-18(20)24/h3-10,13-14H,2,11-12H2,1H3,(H,25,28,30). The molecule has 8 heteroatoms. The van der Waals surface area contributed by atoms with Crippen LogP contribution < -0.4 is 10.1 Å². The van der Waals surface area contributed by atoms with Crippen LogP contribution in [0.15, 0.2) is 60.3 Å². The Kier molecular flexibility index (Phi) is 5.77. The van der Waals surface area contributed by atoms with Crippen molar-refractivity contribution in [2.45, 2.75) is 13.5 Å². The van der Waals surface area contributed by atoms with Gasteiger partial charge in [-0.2, -0.15) is 0 Å². The molecular weight excluding hydrogens is 418 g/mol. The summed E-state index contributed by atoms with van der Waals surface area (Å²) in [6, 6.07) is 14.2. The molecule has 7 nitrogen and oxygen atoms in total. The Hall–Kier alpha value is -3.58. The van der Waals surface area contributed by atoms with E-state index in [-0.39, 0.29) is 12.1 Å². The van der Waals surface area contributed by atoms with Gasteiger partial charge in [0.15, 0.2) is 0 Å². The van der Waals surface area contributed by atoms with Crippen LogP contribution in [0.5, 0.6) is 5.75 Å². The third-order valence-corrected chi connectivity index (χ3v) is 5.36. The van der Waals surface area contributed by atoms with E-state index < -0.39 is 17.8 Å². The molecule has 0 bridgehead atoms. The van der Waals surface area contributed by atoms with Crippen LogP contribution in [-0.4, -0.2) is 40.5 Å². The van der Waals surface area contributed by atoms with Crippen LogP contribution in [0.25, 0.3) is 17.0 Å². The number of nitrogens with zero attached hydrogens (tertiary/aromatic N) is 2. The average molecular weight is 438 g/mol. The number of likely N-dealkylation sites (N-methyl/N-ethyl adjacent to an activating group) is 1. The molecular formula is C23H20ClN3O4. The van der Waals surface area contributed by atoms with Gasteiger partial charge in [0.25, 0.3) is 11.8 Å². The van der Waals surface area contributed by atoms with Crippen molar-refractivity contribution in [3.8, 4) is 5.75 Å². The SMILES string of the molecule is CCN1C(=O)NC(=O)C(=Cc2cn(CCOc3ccccc3Cl)c3ccccc23)C1=O. The smallest absolute Gasteiger partial charge is 0.331 e. The summed E-state index contributed by atoms with van der Waals surface area (Å²) in [5.41, 5.74) is 1.57. The minimum absolute atomic E-state index is 0.0725. The second kappa shape index (κ2) is 8.65. The first-order valence-corrected chi connectivity index (χ1v) is 10.2. The number of hydrogen-bond acceptors (Lipinski definition) is 4. The lowest BCUT2D eigenvalue weighted by molar-refractivity contribution is -0.129. The Bertz CT molecular complexity index is 1210. The van der Waals surface area contributed by atoms with Gasteiger partial charge in [-0.15, -0.1) is 0 Å². The third-order valence-electron chi connectivity index (χ3n) is 5.05. The number of carbonyl (C=O) groups excluding carboxylic acids is 3. The largest absolute Gasteiger partial charge is 0.490 e. The summed E-state index contributed by atoms with van der Waals surface area (Å²) in [5, 5.41) is 3.64. The van der Waals surface area contributed by atoms with E-state index in [1.54, 1.807) is 19.1 Å². The van der Waals surface area contributed by atoms with Crippen molar-refractivity contribution in [3.05, 3.63) is 70.9 Å². The number of carbonyl (C=O) groups is 3. The molecule has 31 heavy (non-hydrogen) atoms. The second-order valence-corrected chi connectivity index (χ2v) is 7.35. The topological polar surface area (TPSA) is 80.6 Å². The molecule has 1 N–H and O–H groups in total. The minimum Gasteiger partial charge on any atom is -0.490 e. The summed E-state index contributed by atoms with van der Waals surface area (Å²) in [6.07, 6.45) is 3.39. The van der Waals surface area contributed by atoms with Gasteiger partial charge < -0.3 is 9.30 Å². The molecule has 0 radical (unpaired) electrons. The first-order valence-electron chi connectivity index (χ1n) is 9.83. The molecule has 0 unspecified atom stereocenters. The van der Waals surface area contributed by atoms with Gasteiger partial charge in [-0.3, -0.25) is 19.8 Å². The van der Waals surface area contributed by atoms with Crippen molar-refractivity contribution in [3.63, 3.8) is 0 Å². The number of barbiturate groups is 1. The van der Waals surface area contributed by atoms with Crippen molar-refractivity contribution in [2.75, 3.05) is 13.2 Å². The highest BCUT2D eigenvalue weighted by atomic mass is 35.5. The molecule has 4 amide bonds. The number of ether oxygens (including phenoxy) is 1. The molecule has 158 valence electrons. The maximum atomic E-state index is 12.6. The van der Waals surface area contributed by atoms with E-state index in [1.807, 2.05) is 47.2 Å². The number of rotatable bonds is 6. The highest BCUT2D eigenvalue weighted by Gasteiger charge is 2.34. The molecule has 0 spiro atoms. The zero-order valence-electron chi connectivity index (χ0n) is 16.8. The predicted octanol–water partition coefficient (Wildman–Crippen LogP) is 3.86. The number of hydrogen-bond donors (Lipinski definition) is 1. The predicted molar refractivity (Wildman–Crippen MR) is 118 cm³/mol. The summed E-state index contributed by atoms with van der Waals surface area (Å²) in [6.45, 7) is 2.77. The number of para-hydroxylation sites is 2. The van der Waals surface area contributed by atoms with E-state index in [4.69, 9.17) is 16.3 Å². The van der Waals surface area contributed by atoms with Gasteiger partial charge in [0.1, 0.15) is 17.9 Å². The van der Waals surface area contributed by atoms with Crippen LogP contribution >= 0.6 is 11.6 Å². The fourth-order valence-corrected chi connectivity index (χ4v) is 3.72. The number of amides is 4. The molecule has 3 aromatic rings. The molecule has 1 aromatic heterocycles. The zero-order chi connectivity index (χ0) is 22.0. The Morgan fingerprint density at radius 3 is 2.58 bits per heavy atom. The van der Waals surface area contributed by atoms with Crippen LogP contribution in [-0.2, 0) is 16.1 Å². The molecule has 0 saturated carbocycles. The van der Waals surface area contributed by atoms with E-state index in [1.165, 1.54) is 6.08 Å². The Labute approximate surface area is 183 Å². The first-order chi connectivity index (χ1) is 15.0. The summed E-state index contributed by atoms with van der Waals surface area (Å²) < 4.78 is 7.79. The normalized spacial score (nSPS) is 15.6. The number of fused-ring (bicyclic) bond motifs is 1. The minimum atomic E-state index is -0.700. The van der Waals surface area contributed by atoms with Gasteiger partial charge in [0.05, 0.1) is 11.6 Å². The highest BCUT2D eigenvalue weighted by molar-refractivity contribution is 6.32. The van der Waals surface area contributed by atoms with Crippen molar-refractivity contribution in [1.29, 1.82) is 0 Å². The van der Waals surface area contributed by atoms with Gasteiger partial charge in [-0.25, -0.2) is 4.79 Å². The van der Waals surface area contributed by atoms with Crippen LogP contribution in [0, 0.1) is 0 Å². The lowest BCUT2D eigenvalue weighted by Crippen LogP contribution is -2.53. The Morgan fingerprint density at radius 1 is 1.06 bits per heavy atom. The summed E-state index contributed by atoms with van der Waals surface area (Å²) >= 11 is 6.14. The zero-order valence-corrected chi connectivity index (χ0v) is 17.6. The molecule has 1 aliphatic heterocycles. The fourth-order valence-electron chi connectivity index (χ4n) is 3.53. The van der Waals surface area contributed by atoms with Crippen LogP contribution in [0.3, 0.4) is 0 Å². The molecule has 2 heterocycles. The van der Waals surface area contributed by atoms with E-state index in [9.17, 15) is 14.4 Å². The highest BCUT2D eigenvalue weighted by Crippen LogP contribution is 2.26. The van der Waals surface area contributed by atoms with Gasteiger partial charge >= 0.3 is 6.03 Å². The van der Waals surface area contributed by atoms with Crippen molar-refractivity contribution < 1.29 is 19.1 Å². The van der Waals surface area contributed by atoms with Crippen LogP contribution in [0.4, 0.5) is 4.79 Å². The molecule has 0 atom stereocenters. The van der Waals surface area contributed by atoms with E-state index in [2.05, 4.69) is 5.32 Å². The number of urea groups is 1. The first kappa shape index (κ1) is 20.7. The van der Waals surface area contributed by atoms with E-state index >= 15 is 0 Å². The van der Waals surface area contributed by atoms with Gasteiger partial charge in [-0.1, -0.05) is 41.9 Å². The number of halogens is 1. The molecule has 1 aliphatic rings. The van der Waals surface area contributed by atoms with Gasteiger partial charge in [0, 0.05) is 29.2 Å². The Balaban J connectivity index is 1.63. The van der Waals surface area contributed by atoms with E-state index in [0.717, 1.165) is 15.8 Å². The van der Waals surface area contributed by atoms with Crippen molar-refractivity contribution >= 4 is 46.4 Å². The lowest BCUT2D eigenvalue weighted by atomic mass is 10.1. The van der Waals surface area contributed by atoms with Crippen molar-refractivity contribution in [2.24, 2.45) is 0 Å². The quantitative estimate of drug-likeness (QED) is 0.469. The summed E-state index contributed by atoms with van der Waals surface area (Å²) in [7, 11) is 0. The molecule has 2 aromatic carbocycles. The Morgan fingerprint density at radius 2 is 1.81 bits per heavy atom. The molecule has 1 saturated heterocycles. The molecule has 0 aliphatic carbocycles. The third kappa shape index (κ3) is 4.04. The van der Waals surface area contributed by atoms with Crippen LogP contribution in [0.2, 0.25) is 5.02 Å². The van der Waals surface area contributed by atoms with Gasteiger partial charge in [-0.05, 0) is 31.2 Å². The average Bonchev–Trinajstić information content (AvgIpc) is 3.10. The number of aromatic nitrogens is 1. The number of nitrogens with one attached hydrogen (secondary N) is 1. The van der Waals surface area contributed by atoms with Crippen molar-refractivity contribution in [1.82, 2.24) is 14.8 Å². The lowest BCUT2D eigenvalue weighted by Gasteiger charge is -2.24. The maximum Gasteiger partial charge on any atom is 0.331 e. The fraction of sp³-hybridized carbons (Fsp3) is 0.174. The molecule has 1 fully saturated rings. The number of benzene rings is 2. The van der Waals surface area contributed by atoms with Crippen LogP contribution in [0.1, 0.15) is 12.5 Å². The summed E-state index contributed by atoms with van der Waals surface area (Å²) in [4.78, 5) is 37.8. The monoisotopic (exact) mass is 437 g/mol. The van der Waals surface area contributed by atoms with Gasteiger partial charge in [0.2, 0.25) is 0 Å². The molecule has 4 rings (SSSR count). The second-order valence-electron chi connectivity index (χ2n) is 6.94.